The molecule has 3 heterocycles. The van der Waals surface area contributed by atoms with Crippen LogP contribution in [0.2, 0.25) is 0 Å². The van der Waals surface area contributed by atoms with Gasteiger partial charge < -0.3 is 25.1 Å². The summed E-state index contributed by atoms with van der Waals surface area (Å²) < 4.78 is 4.62. The molecule has 0 spiro atoms. The van der Waals surface area contributed by atoms with Crippen LogP contribution in [-0.4, -0.2) is 61.9 Å². The lowest BCUT2D eigenvalue weighted by Crippen LogP contribution is -2.71. The average Bonchev–Trinajstić information content (AvgIpc) is 3.04. The van der Waals surface area contributed by atoms with E-state index in [1.807, 2.05) is 18.2 Å². The first kappa shape index (κ1) is 23.2. The molecule has 33 heavy (non-hydrogen) atoms. The number of amides is 3. The Morgan fingerprint density at radius 3 is 2.73 bits per heavy atom. The smallest absolute Gasteiger partial charge is 0.327 e. The van der Waals surface area contributed by atoms with E-state index in [-0.39, 0.29) is 10.1 Å². The molecule has 4 rings (SSSR count). The number of carbonyl (C=O) groups excluding carboxylic acids is 3. The van der Waals surface area contributed by atoms with Gasteiger partial charge in [-0.3, -0.25) is 14.4 Å². The molecule has 3 amide bonds. The highest BCUT2D eigenvalue weighted by Crippen LogP contribution is 2.50. The number of hydrogen-bond donors (Lipinski definition) is 3. The van der Waals surface area contributed by atoms with Crippen molar-refractivity contribution < 1.29 is 28.7 Å². The molecule has 11 heteroatoms. The van der Waals surface area contributed by atoms with Crippen LogP contribution in [-0.2, 0) is 14.4 Å². The summed E-state index contributed by atoms with van der Waals surface area (Å²) in [6.07, 6.45) is 9.38. The fourth-order valence-electron chi connectivity index (χ4n) is 4.29. The van der Waals surface area contributed by atoms with Crippen LogP contribution in [0.5, 0.6) is 0 Å². The summed E-state index contributed by atoms with van der Waals surface area (Å²) in [6.45, 7) is 3.53. The van der Waals surface area contributed by atoms with Crippen molar-refractivity contribution in [2.45, 2.75) is 54.9 Å². The van der Waals surface area contributed by atoms with E-state index >= 15 is 0 Å². The zero-order chi connectivity index (χ0) is 23.9. The van der Waals surface area contributed by atoms with Crippen LogP contribution in [0, 0.1) is 4.51 Å². The number of rotatable bonds is 6. The van der Waals surface area contributed by atoms with Gasteiger partial charge in [-0.15, -0.1) is 11.8 Å². The summed E-state index contributed by atoms with van der Waals surface area (Å²) in [7, 11) is 0. The Labute approximate surface area is 199 Å². The maximum Gasteiger partial charge on any atom is 0.327 e. The molecule has 0 radical (unpaired) electrons. The van der Waals surface area contributed by atoms with E-state index in [2.05, 4.69) is 10.6 Å². The molecular weight excluding hydrogens is 466 g/mol. The fourth-order valence-corrected chi connectivity index (χ4v) is 6.12. The molecular formula is C22H23N3O6S2. The van der Waals surface area contributed by atoms with Crippen LogP contribution >= 0.6 is 24.0 Å². The number of nitrogens with zero attached hydrogens (tertiary/aromatic N) is 1. The first-order chi connectivity index (χ1) is 15.6. The Morgan fingerprint density at radius 2 is 2.09 bits per heavy atom. The van der Waals surface area contributed by atoms with Crippen LogP contribution in [0.15, 0.2) is 46.8 Å². The summed E-state index contributed by atoms with van der Waals surface area (Å²) >= 11 is 6.51. The third kappa shape index (κ3) is 4.22. The lowest BCUT2D eigenvalue weighted by molar-refractivity contribution is -0.161. The van der Waals surface area contributed by atoms with Gasteiger partial charge in [-0.05, 0) is 38.3 Å². The summed E-state index contributed by atoms with van der Waals surface area (Å²) in [6, 6.07) is -1.39. The highest BCUT2D eigenvalue weighted by Gasteiger charge is 2.64. The molecule has 1 aromatic heterocycles. The van der Waals surface area contributed by atoms with Crippen LogP contribution < -0.4 is 10.6 Å². The molecule has 0 bridgehead atoms. The summed E-state index contributed by atoms with van der Waals surface area (Å²) in [5.41, 5.74) is 0.814. The minimum absolute atomic E-state index is 0.126. The van der Waals surface area contributed by atoms with Crippen molar-refractivity contribution in [3.63, 3.8) is 0 Å². The Balaban J connectivity index is 1.53. The molecule has 0 aromatic carbocycles. The van der Waals surface area contributed by atoms with E-state index in [0.717, 1.165) is 0 Å². The number of aliphatic carboxylic acids is 1. The molecule has 1 aliphatic carbocycles. The Bertz CT molecular complexity index is 1140. The lowest BCUT2D eigenvalue weighted by Gasteiger charge is -2.44. The van der Waals surface area contributed by atoms with Gasteiger partial charge in [0.05, 0.1) is 16.3 Å². The normalized spacial score (nSPS) is 26.0. The summed E-state index contributed by atoms with van der Waals surface area (Å²) in [4.78, 5) is 51.9. The van der Waals surface area contributed by atoms with Crippen molar-refractivity contribution in [1.82, 2.24) is 15.5 Å². The van der Waals surface area contributed by atoms with Gasteiger partial charge in [0, 0.05) is 4.75 Å². The standard InChI is InChI=1S/C22H23N3O6S2/c1-22(2)16(21(29)30)25-19(28)15(20(25)33-22)24-18(27)14(11-6-4-3-5-7-11)23-17(26)12-10-31-9-8-13(12)32/h3-4,7-10,14-16,20H,5-6H2,1-2H3,(H,23,26)(H,24,27)(H,29,30)/t14?,15-,16+,20-/m1/s1. The van der Waals surface area contributed by atoms with Crippen molar-refractivity contribution in [2.75, 3.05) is 0 Å². The zero-order valence-corrected chi connectivity index (χ0v) is 19.6. The van der Waals surface area contributed by atoms with Crippen LogP contribution in [0.25, 0.3) is 0 Å². The monoisotopic (exact) mass is 489 g/mol. The number of hydrogen-bond acceptors (Lipinski definition) is 7. The number of carboxylic acid groups (broad SMARTS) is 1. The quantitative estimate of drug-likeness (QED) is 0.314. The predicted octanol–water partition coefficient (Wildman–Crippen LogP) is 2.02. The molecule has 3 aliphatic rings. The predicted molar refractivity (Wildman–Crippen MR) is 123 cm³/mol. The van der Waals surface area contributed by atoms with E-state index in [1.165, 1.54) is 35.3 Å². The molecule has 174 valence electrons. The minimum Gasteiger partial charge on any atom is -0.480 e. The van der Waals surface area contributed by atoms with Crippen molar-refractivity contribution in [1.29, 1.82) is 0 Å². The van der Waals surface area contributed by atoms with Gasteiger partial charge in [0.15, 0.2) is 0 Å². The number of nitrogens with one attached hydrogen (secondary N) is 2. The number of allylic oxidation sites excluding steroid dienone is 3. The Hall–Kier alpha value is -2.92. The Morgan fingerprint density at radius 1 is 1.33 bits per heavy atom. The SMILES string of the molecule is CC1(C)S[C@@H]2[C@H](NC(=O)C(NC(=O)c3coccc3=S)C3=CCC=CC3)C(=O)N2[C@H]1C(=O)O. The molecule has 0 saturated carbocycles. The van der Waals surface area contributed by atoms with Crippen LogP contribution in [0.4, 0.5) is 0 Å². The Kier molecular flexibility index (Phi) is 6.19. The van der Waals surface area contributed by atoms with Gasteiger partial charge in [0.1, 0.15) is 29.8 Å². The maximum absolute atomic E-state index is 13.3. The van der Waals surface area contributed by atoms with Gasteiger partial charge in [-0.2, -0.15) is 0 Å². The van der Waals surface area contributed by atoms with Crippen LogP contribution in [0.1, 0.15) is 37.0 Å². The van der Waals surface area contributed by atoms with E-state index in [0.29, 0.717) is 18.4 Å². The number of carbonyl (C=O) groups is 4. The van der Waals surface area contributed by atoms with E-state index in [4.69, 9.17) is 16.6 Å². The largest absolute Gasteiger partial charge is 0.480 e. The van der Waals surface area contributed by atoms with Crippen molar-refractivity contribution in [3.8, 4) is 0 Å². The first-order valence-electron chi connectivity index (χ1n) is 10.4. The molecule has 2 aliphatic heterocycles. The molecule has 1 aromatic rings. The second-order valence-electron chi connectivity index (χ2n) is 8.52. The van der Waals surface area contributed by atoms with Gasteiger partial charge in [-0.1, -0.05) is 30.4 Å². The molecule has 2 saturated heterocycles. The number of β-lactam (4-membered cyclic amide) rings is 1. The van der Waals surface area contributed by atoms with Crippen molar-refractivity contribution in [2.24, 2.45) is 0 Å². The summed E-state index contributed by atoms with van der Waals surface area (Å²) in [5, 5.41) is 14.5. The highest BCUT2D eigenvalue weighted by atomic mass is 32.2. The molecule has 1 unspecified atom stereocenters. The molecule has 2 fully saturated rings. The third-order valence-corrected chi connectivity index (χ3v) is 7.84. The molecule has 3 N–H and O–H groups in total. The molecule has 9 nitrogen and oxygen atoms in total. The number of thioether (sulfide) groups is 1. The average molecular weight is 490 g/mol. The minimum atomic E-state index is -1.08. The molecule has 4 atom stereocenters. The van der Waals surface area contributed by atoms with Gasteiger partial charge in [0.25, 0.3) is 5.91 Å². The maximum atomic E-state index is 13.3. The van der Waals surface area contributed by atoms with E-state index < -0.39 is 51.9 Å². The zero-order valence-electron chi connectivity index (χ0n) is 17.9. The third-order valence-electron chi connectivity index (χ3n) is 5.91. The highest BCUT2D eigenvalue weighted by molar-refractivity contribution is 8.01. The topological polar surface area (TPSA) is 129 Å². The number of fused-ring (bicyclic) bond motifs is 1. The second kappa shape index (κ2) is 8.79. The van der Waals surface area contributed by atoms with Crippen molar-refractivity contribution >= 4 is 47.7 Å². The van der Waals surface area contributed by atoms with Gasteiger partial charge in [-0.25, -0.2) is 4.79 Å². The van der Waals surface area contributed by atoms with Crippen molar-refractivity contribution in [3.05, 3.63) is 52.5 Å². The van der Waals surface area contributed by atoms with E-state index in [1.54, 1.807) is 13.8 Å². The number of carboxylic acids is 1. The van der Waals surface area contributed by atoms with Crippen LogP contribution in [0.3, 0.4) is 0 Å². The second-order valence-corrected chi connectivity index (χ2v) is 10.7. The van der Waals surface area contributed by atoms with Gasteiger partial charge >= 0.3 is 5.97 Å². The van der Waals surface area contributed by atoms with Gasteiger partial charge in [0.2, 0.25) is 11.8 Å². The first-order valence-corrected chi connectivity index (χ1v) is 11.6. The lowest BCUT2D eigenvalue weighted by atomic mass is 9.94. The summed E-state index contributed by atoms with van der Waals surface area (Å²) in [5.74, 6) is -2.63. The fraction of sp³-hybridized carbons (Fsp3) is 0.409. The van der Waals surface area contributed by atoms with E-state index in [9.17, 15) is 24.3 Å².